The molecule has 0 aromatic heterocycles. The molecule has 0 amide bonds. The summed E-state index contributed by atoms with van der Waals surface area (Å²) in [4.78, 5) is 0. The van der Waals surface area contributed by atoms with E-state index in [-0.39, 0.29) is 0 Å². The highest BCUT2D eigenvalue weighted by molar-refractivity contribution is 5.88. The van der Waals surface area contributed by atoms with Crippen LogP contribution in [0.5, 0.6) is 0 Å². The van der Waals surface area contributed by atoms with Crippen LogP contribution < -0.4 is 0 Å². The lowest BCUT2D eigenvalue weighted by Gasteiger charge is -2.08. The number of rotatable bonds is 16. The van der Waals surface area contributed by atoms with Crippen molar-refractivity contribution in [2.75, 3.05) is 0 Å². The van der Waals surface area contributed by atoms with E-state index >= 15 is 0 Å². The quantitative estimate of drug-likeness (QED) is 0.0904. The fourth-order valence-corrected chi connectivity index (χ4v) is 12.9. The molecule has 0 aliphatic rings. The highest BCUT2D eigenvalue weighted by Gasteiger charge is 2.06. The van der Waals surface area contributed by atoms with Gasteiger partial charge in [-0.3, -0.25) is 0 Å². The van der Waals surface area contributed by atoms with Crippen LogP contribution in [0.3, 0.4) is 0 Å². The van der Waals surface area contributed by atoms with Gasteiger partial charge in [0.2, 0.25) is 0 Å². The van der Waals surface area contributed by atoms with E-state index in [0.29, 0.717) is 0 Å². The van der Waals surface area contributed by atoms with E-state index < -0.39 is 0 Å². The summed E-state index contributed by atoms with van der Waals surface area (Å²) in [5.41, 5.74) is 34.9. The van der Waals surface area contributed by atoms with Crippen molar-refractivity contribution in [2.45, 2.75) is 269 Å². The lowest BCUT2D eigenvalue weighted by molar-refractivity contribution is 1.02. The molecule has 0 saturated heterocycles. The molecule has 516 valence electrons. The predicted molar refractivity (Wildman–Crippen MR) is 434 cm³/mol. The molecule has 0 aliphatic carbocycles. The van der Waals surface area contributed by atoms with Crippen LogP contribution >= 0.6 is 0 Å². The molecule has 0 spiro atoms. The van der Waals surface area contributed by atoms with E-state index in [4.69, 9.17) is 0 Å². The molecule has 0 heteroatoms. The Morgan fingerprint density at radius 2 is 0.594 bits per heavy atom. The van der Waals surface area contributed by atoms with Crippen LogP contribution in [-0.4, -0.2) is 0 Å². The van der Waals surface area contributed by atoms with Crippen molar-refractivity contribution in [2.24, 2.45) is 0 Å². The monoisotopic (exact) mass is 1290 g/mol. The lowest BCUT2D eigenvalue weighted by Crippen LogP contribution is -1.93. The van der Waals surface area contributed by atoms with Gasteiger partial charge in [-0.1, -0.05) is 292 Å². The maximum absolute atomic E-state index is 2.32. The first-order valence-corrected chi connectivity index (χ1v) is 37.7. The maximum Gasteiger partial charge on any atom is -0.0152 e. The Labute approximate surface area is 590 Å². The summed E-state index contributed by atoms with van der Waals surface area (Å²) in [6, 6.07) is 63.0. The van der Waals surface area contributed by atoms with Crippen molar-refractivity contribution in [1.82, 2.24) is 0 Å². The molecule has 0 saturated carbocycles. The third kappa shape index (κ3) is 26.6. The summed E-state index contributed by atoms with van der Waals surface area (Å²) >= 11 is 0. The van der Waals surface area contributed by atoms with Crippen molar-refractivity contribution in [3.63, 3.8) is 0 Å². The second-order valence-corrected chi connectivity index (χ2v) is 26.1. The molecule has 0 bridgehead atoms. The van der Waals surface area contributed by atoms with Gasteiger partial charge in [0, 0.05) is 0 Å². The van der Waals surface area contributed by atoms with Gasteiger partial charge in [0.1, 0.15) is 0 Å². The summed E-state index contributed by atoms with van der Waals surface area (Å²) in [6.45, 7) is 52.9. The molecule has 0 aliphatic heterocycles. The molecule has 0 fully saturated rings. The normalized spacial score (nSPS) is 10.3. The second-order valence-electron chi connectivity index (χ2n) is 26.1. The zero-order valence-electron chi connectivity index (χ0n) is 65.5. The van der Waals surface area contributed by atoms with Gasteiger partial charge in [-0.05, 0) is 302 Å². The summed E-state index contributed by atoms with van der Waals surface area (Å²) in [6.07, 6.45) is 18.3. The van der Waals surface area contributed by atoms with Gasteiger partial charge >= 0.3 is 0 Å². The lowest BCUT2D eigenvalue weighted by atomic mass is 9.97. The van der Waals surface area contributed by atoms with Crippen LogP contribution in [0.15, 0.2) is 170 Å². The molecule has 10 aromatic carbocycles. The van der Waals surface area contributed by atoms with Crippen LogP contribution in [0, 0.1) is 55.4 Å². The van der Waals surface area contributed by atoms with Crippen molar-refractivity contribution in [3.05, 3.63) is 303 Å². The zero-order valence-corrected chi connectivity index (χ0v) is 65.5. The molecule has 0 nitrogen and oxygen atoms in total. The van der Waals surface area contributed by atoms with E-state index in [9.17, 15) is 0 Å². The van der Waals surface area contributed by atoms with Gasteiger partial charge in [-0.25, -0.2) is 0 Å². The molecule has 10 aromatic rings. The minimum absolute atomic E-state index is 1.12. The average molecular weight is 1290 g/mol. The molecular formula is C96H132. The fourth-order valence-electron chi connectivity index (χ4n) is 12.9. The molecule has 96 heavy (non-hydrogen) atoms. The Kier molecular flexibility index (Phi) is 39.1. The summed E-state index contributed by atoms with van der Waals surface area (Å²) < 4.78 is 0. The summed E-state index contributed by atoms with van der Waals surface area (Å²) in [5.74, 6) is 0. The van der Waals surface area contributed by atoms with Crippen molar-refractivity contribution in [3.8, 4) is 0 Å². The summed E-state index contributed by atoms with van der Waals surface area (Å²) in [5, 5.41) is 5.58. The Balaban J connectivity index is 0.000000287. The first kappa shape index (κ1) is 82.9. The summed E-state index contributed by atoms with van der Waals surface area (Å²) in [7, 11) is 0. The number of benzene rings is 10. The van der Waals surface area contributed by atoms with Crippen molar-refractivity contribution >= 4 is 21.5 Å². The van der Waals surface area contributed by atoms with Crippen LogP contribution in [0.25, 0.3) is 21.5 Å². The number of hydrogen-bond acceptors (Lipinski definition) is 0. The first-order chi connectivity index (χ1) is 46.2. The molecular weight excluding hydrogens is 1150 g/mol. The Morgan fingerprint density at radius 1 is 0.188 bits per heavy atom. The Hall–Kier alpha value is -7.28. The smallest absolute Gasteiger partial charge is 0.0152 e. The van der Waals surface area contributed by atoms with Gasteiger partial charge in [-0.2, -0.15) is 0 Å². The molecule has 0 unspecified atom stereocenters. The largest absolute Gasteiger partial charge is 0.0617 e. The second kappa shape index (κ2) is 45.3. The number of aryl methyl sites for hydroxylation is 22. The molecule has 0 N–H and O–H groups in total. The van der Waals surface area contributed by atoms with Gasteiger partial charge in [-0.15, -0.1) is 0 Å². The third-order valence-electron chi connectivity index (χ3n) is 19.5. The van der Waals surface area contributed by atoms with Crippen molar-refractivity contribution in [1.29, 1.82) is 0 Å². The minimum atomic E-state index is 1.12. The fraction of sp³-hybridized carbons (Fsp3) is 0.417. The average Bonchev–Trinajstić information content (AvgIpc) is 0.854. The van der Waals surface area contributed by atoms with Crippen LogP contribution in [-0.2, 0) is 103 Å². The molecule has 0 heterocycles. The van der Waals surface area contributed by atoms with E-state index in [2.05, 4.69) is 336 Å². The topological polar surface area (TPSA) is 0 Å². The van der Waals surface area contributed by atoms with E-state index in [1.807, 2.05) is 0 Å². The van der Waals surface area contributed by atoms with Gasteiger partial charge < -0.3 is 0 Å². The van der Waals surface area contributed by atoms with Crippen LogP contribution in [0.1, 0.15) is 244 Å². The van der Waals surface area contributed by atoms with Crippen LogP contribution in [0.4, 0.5) is 0 Å². The van der Waals surface area contributed by atoms with Crippen LogP contribution in [0.2, 0.25) is 0 Å². The minimum Gasteiger partial charge on any atom is -0.0617 e. The number of fused-ring (bicyclic) bond motifs is 2. The van der Waals surface area contributed by atoms with Crippen molar-refractivity contribution < 1.29 is 0 Å². The van der Waals surface area contributed by atoms with Gasteiger partial charge in [0.05, 0.1) is 0 Å². The zero-order chi connectivity index (χ0) is 71.3. The highest BCUT2D eigenvalue weighted by Crippen LogP contribution is 2.26. The highest BCUT2D eigenvalue weighted by atomic mass is 14.1. The Morgan fingerprint density at radius 3 is 1.11 bits per heavy atom. The first-order valence-electron chi connectivity index (χ1n) is 37.7. The van der Waals surface area contributed by atoms with E-state index in [1.165, 1.54) is 155 Å². The van der Waals surface area contributed by atoms with Gasteiger partial charge in [0.15, 0.2) is 0 Å². The Bertz CT molecular complexity index is 3810. The van der Waals surface area contributed by atoms with E-state index in [1.54, 1.807) is 0 Å². The maximum atomic E-state index is 2.32. The SMILES string of the molecule is CCc1cc(C)c2cc(CC)ccc2c1.CCc1cc(C)cc(CC)c1.CCc1ccc(C)c(CC)c1.CCc1ccc(C)cc1CC.CCc1ccc(CC)c(C)c1.CCc1ccc2c(C)c(CC)ccc2c1.CCc1cccc(C)c1CC.CCc1cccc(CC)c1C. The molecule has 10 rings (SSSR count). The standard InChI is InChI=1S/2C15H18.6C11H16/c1-4-12-6-9-15-11(3)13(5-2)7-8-14(15)10-12;1-4-12-6-7-14-9-13(5-2)8-11(3)15(14)10-12;1-4-10-6-9(3)7-11(5-2)8-10;1-4-10-6-7-11(5-2)9(3)8-10;1-4-10-7-6-9(3)11(5-2)8-10;1-4-10-7-6-9(3)8-11(10)5-2;1-4-10-7-6-8-11(5-2)9(10)3;1-4-10-8-6-7-9(3)11(10)5-2/h2*6-10H,4-5H2,1-3H3;6*6-8H,4-5H2,1-3H3. The third-order valence-corrected chi connectivity index (χ3v) is 19.5. The number of hydrogen-bond donors (Lipinski definition) is 0. The van der Waals surface area contributed by atoms with Gasteiger partial charge in [0.25, 0.3) is 0 Å². The predicted octanol–water partition coefficient (Wildman–Crippen LogP) is 27.3. The van der Waals surface area contributed by atoms with E-state index in [0.717, 1.165) is 103 Å². The molecule has 0 atom stereocenters. The molecule has 0 radical (unpaired) electrons.